The van der Waals surface area contributed by atoms with Gasteiger partial charge in [0.25, 0.3) is 11.8 Å². The molecule has 7 heteroatoms. The van der Waals surface area contributed by atoms with Crippen molar-refractivity contribution in [1.29, 1.82) is 0 Å². The number of carboxylic acids is 1. The summed E-state index contributed by atoms with van der Waals surface area (Å²) in [5, 5.41) is 8.74. The van der Waals surface area contributed by atoms with Crippen LogP contribution >= 0.6 is 0 Å². The molecule has 1 aromatic rings. The Kier molecular flexibility index (Phi) is 3.95. The van der Waals surface area contributed by atoms with Crippen molar-refractivity contribution in [2.45, 2.75) is 12.5 Å². The molecule has 0 aromatic heterocycles. The molecule has 1 aromatic carbocycles. The summed E-state index contributed by atoms with van der Waals surface area (Å²) in [7, 11) is 3.68. The normalized spacial score (nSPS) is 15.1. The third-order valence-corrected chi connectivity index (χ3v) is 3.45. The second kappa shape index (κ2) is 5.53. The van der Waals surface area contributed by atoms with E-state index < -0.39 is 23.8 Å². The number of hydrogen-bond donors (Lipinski definition) is 2. The van der Waals surface area contributed by atoms with E-state index in [1.165, 1.54) is 0 Å². The number of aliphatic carboxylic acids is 1. The molecule has 0 radical (unpaired) electrons. The lowest BCUT2D eigenvalue weighted by Crippen LogP contribution is -2.37. The molecule has 0 spiro atoms. The summed E-state index contributed by atoms with van der Waals surface area (Å²) < 4.78 is 0. The molecule has 0 unspecified atom stereocenters. The Morgan fingerprint density at radius 2 is 1.90 bits per heavy atom. The fourth-order valence-corrected chi connectivity index (χ4v) is 2.15. The Bertz CT molecular complexity index is 612. The van der Waals surface area contributed by atoms with Crippen molar-refractivity contribution in [2.24, 2.45) is 5.73 Å². The van der Waals surface area contributed by atoms with E-state index in [2.05, 4.69) is 0 Å². The van der Waals surface area contributed by atoms with Crippen molar-refractivity contribution in [3.63, 3.8) is 0 Å². The number of hydrogen-bond acceptors (Lipinski definition) is 5. The van der Waals surface area contributed by atoms with E-state index >= 15 is 0 Å². The lowest BCUT2D eigenvalue weighted by molar-refractivity contribution is -0.138. The van der Waals surface area contributed by atoms with E-state index in [9.17, 15) is 14.4 Å². The van der Waals surface area contributed by atoms with Gasteiger partial charge in [-0.2, -0.15) is 0 Å². The SMILES string of the molecule is CN(C)c1ccc2c(c1)C(=O)N(CC[C@H](N)C(=O)O)C2=O. The van der Waals surface area contributed by atoms with Crippen LogP contribution in [0.1, 0.15) is 27.1 Å². The van der Waals surface area contributed by atoms with Gasteiger partial charge >= 0.3 is 5.97 Å². The fraction of sp³-hybridized carbons (Fsp3) is 0.357. The van der Waals surface area contributed by atoms with Crippen LogP contribution in [0.4, 0.5) is 5.69 Å². The molecule has 21 heavy (non-hydrogen) atoms. The quantitative estimate of drug-likeness (QED) is 0.748. The second-order valence-corrected chi connectivity index (χ2v) is 5.12. The molecule has 0 fully saturated rings. The first-order valence-electron chi connectivity index (χ1n) is 6.49. The van der Waals surface area contributed by atoms with Gasteiger partial charge in [0.2, 0.25) is 0 Å². The molecule has 3 N–H and O–H groups in total. The number of amides is 2. The number of rotatable bonds is 5. The van der Waals surface area contributed by atoms with Crippen molar-refractivity contribution in [3.8, 4) is 0 Å². The molecule has 112 valence electrons. The molecule has 0 saturated carbocycles. The topological polar surface area (TPSA) is 104 Å². The van der Waals surface area contributed by atoms with Crippen molar-refractivity contribution >= 4 is 23.5 Å². The monoisotopic (exact) mass is 291 g/mol. The lowest BCUT2D eigenvalue weighted by Gasteiger charge is -2.15. The zero-order chi connectivity index (χ0) is 15.7. The molecule has 1 aliphatic rings. The molecule has 0 saturated heterocycles. The van der Waals surface area contributed by atoms with Crippen molar-refractivity contribution in [1.82, 2.24) is 4.90 Å². The summed E-state index contributed by atoms with van der Waals surface area (Å²) in [6, 6.07) is 3.94. The van der Waals surface area contributed by atoms with Crippen LogP contribution in [0.15, 0.2) is 18.2 Å². The predicted octanol–water partition coefficient (Wildman–Crippen LogP) is 0.151. The minimum absolute atomic E-state index is 0.00287. The third kappa shape index (κ3) is 2.73. The van der Waals surface area contributed by atoms with Gasteiger partial charge in [-0.15, -0.1) is 0 Å². The van der Waals surface area contributed by atoms with Gasteiger partial charge in [0, 0.05) is 26.3 Å². The number of fused-ring (bicyclic) bond motifs is 1. The molecule has 1 heterocycles. The zero-order valence-corrected chi connectivity index (χ0v) is 11.9. The molecule has 2 amide bonds. The number of benzene rings is 1. The lowest BCUT2D eigenvalue weighted by atomic mass is 10.1. The van der Waals surface area contributed by atoms with E-state index in [0.29, 0.717) is 11.1 Å². The highest BCUT2D eigenvalue weighted by atomic mass is 16.4. The fourth-order valence-electron chi connectivity index (χ4n) is 2.15. The number of imide groups is 1. The Balaban J connectivity index is 2.20. The van der Waals surface area contributed by atoms with Gasteiger partial charge in [-0.1, -0.05) is 0 Å². The molecule has 7 nitrogen and oxygen atoms in total. The maximum atomic E-state index is 12.3. The number of nitrogens with two attached hydrogens (primary N) is 1. The number of carbonyl (C=O) groups excluding carboxylic acids is 2. The van der Waals surface area contributed by atoms with Crippen LogP contribution in [0.5, 0.6) is 0 Å². The molecule has 0 bridgehead atoms. The second-order valence-electron chi connectivity index (χ2n) is 5.12. The van der Waals surface area contributed by atoms with E-state index in [-0.39, 0.29) is 13.0 Å². The van der Waals surface area contributed by atoms with Gasteiger partial charge in [0.15, 0.2) is 0 Å². The van der Waals surface area contributed by atoms with Crippen molar-refractivity contribution in [3.05, 3.63) is 29.3 Å². The number of carboxylic acid groups (broad SMARTS) is 1. The highest BCUT2D eigenvalue weighted by Crippen LogP contribution is 2.26. The van der Waals surface area contributed by atoms with Gasteiger partial charge in [-0.05, 0) is 24.6 Å². The third-order valence-electron chi connectivity index (χ3n) is 3.45. The van der Waals surface area contributed by atoms with E-state index in [1.807, 2.05) is 19.0 Å². The Labute approximate surface area is 121 Å². The summed E-state index contributed by atoms with van der Waals surface area (Å²) in [5.41, 5.74) is 6.90. The Hall–Kier alpha value is -2.41. The smallest absolute Gasteiger partial charge is 0.320 e. The maximum Gasteiger partial charge on any atom is 0.320 e. The van der Waals surface area contributed by atoms with Crippen LogP contribution in [-0.4, -0.2) is 54.5 Å². The van der Waals surface area contributed by atoms with Gasteiger partial charge in [0.1, 0.15) is 6.04 Å². The molecular formula is C14H17N3O4. The van der Waals surface area contributed by atoms with Crippen LogP contribution in [-0.2, 0) is 4.79 Å². The summed E-state index contributed by atoms with van der Waals surface area (Å²) in [6.45, 7) is -0.00287. The number of anilines is 1. The van der Waals surface area contributed by atoms with E-state index in [1.54, 1.807) is 18.2 Å². The van der Waals surface area contributed by atoms with Crippen LogP contribution in [0.2, 0.25) is 0 Å². The minimum Gasteiger partial charge on any atom is -0.480 e. The molecule has 2 rings (SSSR count). The molecular weight excluding hydrogens is 274 g/mol. The minimum atomic E-state index is -1.15. The highest BCUT2D eigenvalue weighted by molar-refractivity contribution is 6.21. The highest BCUT2D eigenvalue weighted by Gasteiger charge is 2.35. The van der Waals surface area contributed by atoms with Crippen molar-refractivity contribution in [2.75, 3.05) is 25.5 Å². The predicted molar refractivity (Wildman–Crippen MR) is 76.4 cm³/mol. The first-order chi connectivity index (χ1) is 9.82. The first kappa shape index (κ1) is 15.0. The average Bonchev–Trinajstić information content (AvgIpc) is 2.68. The van der Waals surface area contributed by atoms with Crippen molar-refractivity contribution < 1.29 is 19.5 Å². The summed E-state index contributed by atoms with van der Waals surface area (Å²) in [5.74, 6) is -1.96. The largest absolute Gasteiger partial charge is 0.480 e. The van der Waals surface area contributed by atoms with Crippen LogP contribution < -0.4 is 10.6 Å². The Morgan fingerprint density at radius 3 is 2.48 bits per heavy atom. The maximum absolute atomic E-state index is 12.3. The van der Waals surface area contributed by atoms with Gasteiger partial charge in [-0.25, -0.2) is 0 Å². The molecule has 1 atom stereocenters. The molecule has 1 aliphatic heterocycles. The molecule has 0 aliphatic carbocycles. The van der Waals surface area contributed by atoms with Gasteiger partial charge in [0.05, 0.1) is 11.1 Å². The van der Waals surface area contributed by atoms with Gasteiger partial charge < -0.3 is 15.7 Å². The number of carbonyl (C=O) groups is 3. The van der Waals surface area contributed by atoms with Crippen LogP contribution in [0.3, 0.4) is 0 Å². The van der Waals surface area contributed by atoms with Crippen LogP contribution in [0, 0.1) is 0 Å². The summed E-state index contributed by atoms with van der Waals surface area (Å²) in [6.07, 6.45) is 0.0291. The average molecular weight is 291 g/mol. The Morgan fingerprint density at radius 1 is 1.29 bits per heavy atom. The number of nitrogens with zero attached hydrogens (tertiary/aromatic N) is 2. The summed E-state index contributed by atoms with van der Waals surface area (Å²) >= 11 is 0. The van der Waals surface area contributed by atoms with E-state index in [0.717, 1.165) is 10.6 Å². The zero-order valence-electron chi connectivity index (χ0n) is 11.9. The van der Waals surface area contributed by atoms with Gasteiger partial charge in [-0.3, -0.25) is 19.3 Å². The first-order valence-corrected chi connectivity index (χ1v) is 6.49. The van der Waals surface area contributed by atoms with Crippen LogP contribution in [0.25, 0.3) is 0 Å². The standard InChI is InChI=1S/C14H17N3O4/c1-16(2)8-3-4-9-10(7-8)13(19)17(12(9)18)6-5-11(15)14(20)21/h3-4,7,11H,5-6,15H2,1-2H3,(H,20,21)/t11-/m0/s1. The summed E-state index contributed by atoms with van der Waals surface area (Å²) in [4.78, 5) is 38.0. The van der Waals surface area contributed by atoms with E-state index in [4.69, 9.17) is 10.8 Å².